The third-order valence-corrected chi connectivity index (χ3v) is 7.72. The Labute approximate surface area is 240 Å². The van der Waals surface area contributed by atoms with E-state index < -0.39 is 11.1 Å². The molecule has 3 aromatic carbocycles. The summed E-state index contributed by atoms with van der Waals surface area (Å²) in [7, 11) is 1.70. The number of anilines is 2. The van der Waals surface area contributed by atoms with E-state index in [2.05, 4.69) is 10.2 Å². The maximum absolute atomic E-state index is 13.5. The molecule has 0 saturated carbocycles. The third-order valence-electron chi connectivity index (χ3n) is 6.78. The Morgan fingerprint density at radius 1 is 1.03 bits per heavy atom. The first kappa shape index (κ1) is 26.9. The zero-order chi connectivity index (χ0) is 27.7. The molecular formula is C27H24Cl2N6O3S. The number of rotatable bonds is 4. The second-order valence-electron chi connectivity index (χ2n) is 9.12. The number of nitrogens with zero attached hydrogens (tertiary/aromatic N) is 5. The maximum Gasteiger partial charge on any atom is 0.272 e. The maximum atomic E-state index is 13.5. The topological polar surface area (TPSA) is 94.3 Å². The van der Waals surface area contributed by atoms with Crippen molar-refractivity contribution in [3.05, 3.63) is 98.0 Å². The summed E-state index contributed by atoms with van der Waals surface area (Å²) < 4.78 is 0. The lowest BCUT2D eigenvalue weighted by molar-refractivity contribution is -0.384. The molecule has 3 aromatic rings. The molecule has 12 heteroatoms. The summed E-state index contributed by atoms with van der Waals surface area (Å²) in [5.74, 6) is -0.271. The van der Waals surface area contributed by atoms with Crippen molar-refractivity contribution in [3.8, 4) is 0 Å². The number of likely N-dealkylation sites (N-methyl/N-ethyl adjacent to an activating group) is 1. The number of halogens is 2. The number of piperazine rings is 1. The monoisotopic (exact) mass is 582 g/mol. The molecule has 5 rings (SSSR count). The first-order valence-electron chi connectivity index (χ1n) is 12.2. The predicted octanol–water partition coefficient (Wildman–Crippen LogP) is 4.74. The van der Waals surface area contributed by atoms with Gasteiger partial charge in [-0.05, 0) is 48.6 Å². The fourth-order valence-corrected chi connectivity index (χ4v) is 5.36. The molecule has 1 amide bonds. The van der Waals surface area contributed by atoms with E-state index in [0.717, 1.165) is 5.69 Å². The minimum absolute atomic E-state index is 0.0573. The predicted molar refractivity (Wildman–Crippen MR) is 158 cm³/mol. The van der Waals surface area contributed by atoms with Crippen LogP contribution in [0.3, 0.4) is 0 Å². The van der Waals surface area contributed by atoms with Crippen molar-refractivity contribution >= 4 is 69.2 Å². The van der Waals surface area contributed by atoms with Crippen molar-refractivity contribution in [2.45, 2.75) is 6.17 Å². The van der Waals surface area contributed by atoms with Crippen LogP contribution in [0.4, 0.5) is 17.1 Å². The molecule has 0 radical (unpaired) electrons. The van der Waals surface area contributed by atoms with Gasteiger partial charge in [-0.1, -0.05) is 41.4 Å². The first-order valence-corrected chi connectivity index (χ1v) is 13.3. The molecule has 1 unspecified atom stereocenters. The lowest BCUT2D eigenvalue weighted by Crippen LogP contribution is -2.55. The Morgan fingerprint density at radius 2 is 1.72 bits per heavy atom. The molecule has 1 fully saturated rings. The second-order valence-corrected chi connectivity index (χ2v) is 10.3. The zero-order valence-corrected chi connectivity index (χ0v) is 23.2. The number of nitro benzene ring substituents is 1. The van der Waals surface area contributed by atoms with Crippen molar-refractivity contribution in [3.63, 3.8) is 0 Å². The molecule has 0 aromatic heterocycles. The van der Waals surface area contributed by atoms with E-state index in [4.69, 9.17) is 40.4 Å². The highest BCUT2D eigenvalue weighted by atomic mass is 35.5. The number of hydrogen-bond acceptors (Lipinski definition) is 6. The number of benzene rings is 3. The van der Waals surface area contributed by atoms with Crippen LogP contribution in [-0.4, -0.2) is 65.9 Å². The van der Waals surface area contributed by atoms with E-state index in [1.807, 2.05) is 23.1 Å². The standard InChI is InChI=1S/C27H24Cl2N6O3S/c1-32-23-11-6-17(28)16-21(23)24(20-4-2-3-5-22(20)29)30-25(26(32)36)31-27(39)34-14-12-33(13-15-34)18-7-9-19(10-8-18)35(37)38/h2-11,16,25H,12-15H2,1H3,(H,31,39). The van der Waals surface area contributed by atoms with E-state index in [-0.39, 0.29) is 11.6 Å². The SMILES string of the molecule is CN1C(=O)C(NC(=S)N2CCN(c3ccc([N+](=O)[O-])cc3)CC2)N=C(c2ccccc2Cl)c2cc(Cl)ccc21. The van der Waals surface area contributed by atoms with Gasteiger partial charge in [-0.25, -0.2) is 4.99 Å². The molecule has 1 atom stereocenters. The van der Waals surface area contributed by atoms with Crippen LogP contribution in [0.15, 0.2) is 71.7 Å². The quantitative estimate of drug-likeness (QED) is 0.270. The van der Waals surface area contributed by atoms with Crippen molar-refractivity contribution in [1.29, 1.82) is 0 Å². The number of fused-ring (bicyclic) bond motifs is 1. The van der Waals surface area contributed by atoms with Gasteiger partial charge in [0, 0.05) is 72.2 Å². The smallest absolute Gasteiger partial charge is 0.272 e. The Balaban J connectivity index is 1.36. The Hall–Kier alpha value is -3.73. The average molecular weight is 584 g/mol. The van der Waals surface area contributed by atoms with Gasteiger partial charge in [-0.15, -0.1) is 0 Å². The largest absolute Gasteiger partial charge is 0.368 e. The fourth-order valence-electron chi connectivity index (χ4n) is 4.67. The molecule has 0 spiro atoms. The summed E-state index contributed by atoms with van der Waals surface area (Å²) in [5.41, 5.74) is 3.54. The van der Waals surface area contributed by atoms with Crippen LogP contribution in [0.25, 0.3) is 0 Å². The highest BCUT2D eigenvalue weighted by Gasteiger charge is 2.32. The minimum Gasteiger partial charge on any atom is -0.368 e. The molecule has 39 heavy (non-hydrogen) atoms. The van der Waals surface area contributed by atoms with E-state index in [1.54, 1.807) is 48.3 Å². The van der Waals surface area contributed by atoms with Gasteiger partial charge in [0.25, 0.3) is 11.6 Å². The van der Waals surface area contributed by atoms with Crippen molar-refractivity contribution < 1.29 is 9.72 Å². The molecule has 2 aliphatic heterocycles. The second kappa shape index (κ2) is 11.2. The van der Waals surface area contributed by atoms with Gasteiger partial charge in [-0.2, -0.15) is 0 Å². The Bertz CT molecular complexity index is 1470. The van der Waals surface area contributed by atoms with Crippen LogP contribution in [0.2, 0.25) is 10.0 Å². The first-order chi connectivity index (χ1) is 18.7. The van der Waals surface area contributed by atoms with E-state index in [0.29, 0.717) is 63.9 Å². The highest BCUT2D eigenvalue weighted by Crippen LogP contribution is 2.32. The van der Waals surface area contributed by atoms with Crippen molar-refractivity contribution in [2.75, 3.05) is 43.0 Å². The molecule has 1 N–H and O–H groups in total. The number of non-ortho nitro benzene ring substituents is 1. The number of amides is 1. The summed E-state index contributed by atoms with van der Waals surface area (Å²) in [5, 5.41) is 15.5. The fraction of sp³-hybridized carbons (Fsp3) is 0.222. The number of nitrogens with one attached hydrogen (secondary N) is 1. The average Bonchev–Trinajstić information content (AvgIpc) is 3.03. The van der Waals surface area contributed by atoms with Gasteiger partial charge >= 0.3 is 0 Å². The summed E-state index contributed by atoms with van der Waals surface area (Å²) in [6.45, 7) is 2.54. The van der Waals surface area contributed by atoms with Crippen LogP contribution in [-0.2, 0) is 4.79 Å². The van der Waals surface area contributed by atoms with Crippen LogP contribution >= 0.6 is 35.4 Å². The molecule has 2 heterocycles. The van der Waals surface area contributed by atoms with E-state index in [9.17, 15) is 14.9 Å². The lowest BCUT2D eigenvalue weighted by atomic mass is 10.00. The zero-order valence-electron chi connectivity index (χ0n) is 20.9. The molecule has 0 bridgehead atoms. The van der Waals surface area contributed by atoms with Crippen LogP contribution < -0.4 is 15.1 Å². The van der Waals surface area contributed by atoms with E-state index >= 15 is 0 Å². The summed E-state index contributed by atoms with van der Waals surface area (Å²) in [6.07, 6.45) is -0.979. The number of aliphatic imine (C=N–C) groups is 1. The number of carbonyl (C=O) groups is 1. The Kier molecular flexibility index (Phi) is 7.69. The third kappa shape index (κ3) is 5.54. The minimum atomic E-state index is -0.979. The summed E-state index contributed by atoms with van der Waals surface area (Å²) >= 11 is 18.6. The van der Waals surface area contributed by atoms with Gasteiger partial charge in [0.1, 0.15) is 0 Å². The number of hydrogen-bond donors (Lipinski definition) is 1. The summed E-state index contributed by atoms with van der Waals surface area (Å²) in [4.78, 5) is 34.6. The van der Waals surface area contributed by atoms with Gasteiger partial charge in [0.05, 0.1) is 16.3 Å². The van der Waals surface area contributed by atoms with E-state index in [1.165, 1.54) is 12.1 Å². The number of thiocarbonyl (C=S) groups is 1. The number of carbonyl (C=O) groups excluding carboxylic acids is 1. The van der Waals surface area contributed by atoms with Crippen molar-refractivity contribution in [2.24, 2.45) is 4.99 Å². The molecule has 1 saturated heterocycles. The molecule has 0 aliphatic carbocycles. The molecule has 9 nitrogen and oxygen atoms in total. The molecular weight excluding hydrogens is 559 g/mol. The Morgan fingerprint density at radius 3 is 2.38 bits per heavy atom. The summed E-state index contributed by atoms with van der Waals surface area (Å²) in [6, 6.07) is 19.1. The number of nitro groups is 1. The normalized spacial score (nSPS) is 17.3. The van der Waals surface area contributed by atoms with Gasteiger partial charge in [0.2, 0.25) is 6.17 Å². The van der Waals surface area contributed by atoms with Gasteiger partial charge in [-0.3, -0.25) is 14.9 Å². The van der Waals surface area contributed by atoms with Crippen LogP contribution in [0.5, 0.6) is 0 Å². The van der Waals surface area contributed by atoms with Crippen LogP contribution in [0.1, 0.15) is 11.1 Å². The molecule has 2 aliphatic rings. The number of benzodiazepines with no additional fused rings is 1. The van der Waals surface area contributed by atoms with Gasteiger partial charge < -0.3 is 20.0 Å². The van der Waals surface area contributed by atoms with Gasteiger partial charge in [0.15, 0.2) is 5.11 Å². The lowest BCUT2D eigenvalue weighted by Gasteiger charge is -2.38. The highest BCUT2D eigenvalue weighted by molar-refractivity contribution is 7.80. The molecule has 200 valence electrons. The van der Waals surface area contributed by atoms with Crippen molar-refractivity contribution in [1.82, 2.24) is 10.2 Å². The van der Waals surface area contributed by atoms with Crippen LogP contribution in [0, 0.1) is 10.1 Å².